The van der Waals surface area contributed by atoms with Crippen LogP contribution in [0.1, 0.15) is 47.0 Å². The zero-order valence-corrected chi connectivity index (χ0v) is 33.3. The Morgan fingerprint density at radius 2 is 1.11 bits per heavy atom. The molecule has 2 heterocycles. The molecule has 0 N–H and O–H groups in total. The normalized spacial score (nSPS) is 33.3. The van der Waals surface area contributed by atoms with Gasteiger partial charge in [0.2, 0.25) is 0 Å². The fraction of sp³-hybridized carbons (Fsp3) is 0.789. The van der Waals surface area contributed by atoms with E-state index in [0.717, 1.165) is 22.7 Å². The summed E-state index contributed by atoms with van der Waals surface area (Å²) in [5.41, 5.74) is 6.42. The van der Waals surface area contributed by atoms with E-state index < -0.39 is 0 Å². The molecule has 2 spiro atoms. The fourth-order valence-corrected chi connectivity index (χ4v) is 4.21. The molecule has 2 saturated heterocycles. The standard InChI is InChI=1S/2C8H14N.CH4.2CH3.BI2.2W.2Y/c2*1-7-5-8(7)3-4-9(2)6-8;;;;1-3-2;;;;/h2*7H,2-6H2,1H3;1H4;2*1H3;;;;;/q2*-1;;3*-1;2*+2;;/t2*7-,8-;;;;;;;;/m00......../s1. The van der Waals surface area contributed by atoms with Crippen molar-refractivity contribution in [1.29, 1.82) is 0 Å². The van der Waals surface area contributed by atoms with Crippen LogP contribution in [0.4, 0.5) is 0 Å². The third-order valence-electron chi connectivity index (χ3n) is 6.12. The third kappa shape index (κ3) is 13.8. The predicted molar refractivity (Wildman–Crippen MR) is 115 cm³/mol. The van der Waals surface area contributed by atoms with Gasteiger partial charge in [-0.1, -0.05) is 21.3 Å². The number of likely N-dealkylation sites (tertiary alicyclic amines) is 2. The quantitative estimate of drug-likeness (QED) is 0.209. The van der Waals surface area contributed by atoms with Crippen molar-refractivity contribution in [1.82, 2.24) is 9.80 Å². The molecule has 9 heteroatoms. The van der Waals surface area contributed by atoms with Crippen molar-refractivity contribution < 1.29 is 125 Å². The van der Waals surface area contributed by atoms with Gasteiger partial charge in [-0.3, -0.25) is 14.1 Å². The van der Waals surface area contributed by atoms with Crippen LogP contribution in [0.3, 0.4) is 0 Å². The molecule has 4 aliphatic rings. The summed E-state index contributed by atoms with van der Waals surface area (Å²) in [6.07, 6.45) is 5.72. The molecule has 0 unspecified atom stereocenters. The molecule has 0 aromatic carbocycles. The Labute approximate surface area is 278 Å². The topological polar surface area (TPSA) is 6.48 Å². The first-order valence-electron chi connectivity index (χ1n) is 7.93. The van der Waals surface area contributed by atoms with Gasteiger partial charge < -0.3 is 24.7 Å². The van der Waals surface area contributed by atoms with E-state index in [1.54, 1.807) is 0 Å². The maximum absolute atomic E-state index is 4.94. The van der Waals surface area contributed by atoms with Crippen molar-refractivity contribution in [2.24, 2.45) is 22.7 Å². The van der Waals surface area contributed by atoms with Crippen LogP contribution in [0.15, 0.2) is 0 Å². The summed E-state index contributed by atoms with van der Waals surface area (Å²) in [5.74, 6) is 1.98. The van der Waals surface area contributed by atoms with Crippen LogP contribution in [-0.4, -0.2) is 41.7 Å². The second-order valence-electron chi connectivity index (χ2n) is 7.62. The van der Waals surface area contributed by atoms with Gasteiger partial charge in [-0.15, -0.1) is 0 Å². The molecule has 0 aromatic heterocycles. The Morgan fingerprint density at radius 3 is 1.18 bits per heavy atom. The van der Waals surface area contributed by atoms with Crippen LogP contribution in [0.2, 0.25) is 0 Å². The van der Waals surface area contributed by atoms with E-state index in [1.165, 1.54) is 51.9 Å². The first-order valence-corrected chi connectivity index (χ1v) is 15.5. The summed E-state index contributed by atoms with van der Waals surface area (Å²) in [7, 11) is 7.88. The Bertz CT molecular complexity index is 343. The van der Waals surface area contributed by atoms with Crippen molar-refractivity contribution in [2.75, 3.05) is 26.2 Å². The molecule has 4 fully saturated rings. The van der Waals surface area contributed by atoms with Crippen molar-refractivity contribution in [3.8, 4) is 0 Å². The second kappa shape index (κ2) is 21.3. The van der Waals surface area contributed by atoms with Crippen LogP contribution in [0, 0.1) is 51.6 Å². The van der Waals surface area contributed by atoms with Crippen molar-refractivity contribution >= 4 is 24.3 Å². The molecule has 4 radical (unpaired) electrons. The number of halogens is 2. The van der Waals surface area contributed by atoms with E-state index in [9.17, 15) is 0 Å². The Hall–Kier alpha value is 5.03. The molecule has 0 aromatic rings. The molecule has 2 aliphatic carbocycles. The predicted octanol–water partition coefficient (Wildman–Crippen LogP) is 2.06. The Morgan fingerprint density at radius 1 is 0.893 bits per heavy atom. The second-order valence-corrected chi connectivity index (χ2v) is 11.3. The average molecular weight is 1100 g/mol. The molecule has 160 valence electrons. The van der Waals surface area contributed by atoms with Crippen LogP contribution in [0.25, 0.3) is 0 Å². The zero-order valence-electron chi connectivity index (χ0n) is 17.4. The first kappa shape index (κ1) is 46.4. The van der Waals surface area contributed by atoms with Gasteiger partial charge in [0, 0.05) is 65.4 Å². The molecule has 28 heavy (non-hydrogen) atoms. The maximum atomic E-state index is 4.94. The van der Waals surface area contributed by atoms with E-state index in [-0.39, 0.29) is 147 Å². The average Bonchev–Trinajstić information content (AvgIpc) is 3.05. The van der Waals surface area contributed by atoms with Crippen molar-refractivity contribution in [3.63, 3.8) is 0 Å². The van der Waals surface area contributed by atoms with Gasteiger partial charge in [0.15, 0.2) is 0 Å². The van der Waals surface area contributed by atoms with Gasteiger partial charge in [-0.25, -0.2) is 0 Å². The molecule has 4 atom stereocenters. The van der Waals surface area contributed by atoms with Crippen LogP contribution in [0.5, 0.6) is 0 Å². The summed E-state index contributed by atoms with van der Waals surface area (Å²) in [4.78, 5) is 4.42. The number of nitrogens with zero attached hydrogens (tertiary/aromatic N) is 2. The van der Waals surface area contributed by atoms with Gasteiger partial charge in [0.25, 0.3) is 0 Å². The van der Waals surface area contributed by atoms with E-state index in [4.69, 9.17) is 5.70 Å². The number of hydrogen-bond donors (Lipinski definition) is 0. The largest absolute Gasteiger partial charge is 2.00 e. The molecule has 2 saturated carbocycles. The van der Waals surface area contributed by atoms with Crippen molar-refractivity contribution in [2.45, 2.75) is 47.0 Å². The smallest absolute Gasteiger partial charge is 0.459 e. The SMILES string of the molecule is C.[B][I-]I.[CH2-]N1CC[C@]2(C[C@@H]2C)C1.[CH2-]N1CC[C@]2(C[C@@H]2C)C1.[CH3-].[CH3-].[W+2].[W+2].[Y].[Y]. The van der Waals surface area contributed by atoms with Gasteiger partial charge in [0.05, 0.1) is 0 Å². The fourth-order valence-electron chi connectivity index (χ4n) is 4.21. The first-order chi connectivity index (χ1) is 9.87. The molecule has 0 amide bonds. The number of rotatable bonds is 0. The minimum atomic E-state index is 0. The minimum Gasteiger partial charge on any atom is -0.459 e. The van der Waals surface area contributed by atoms with Gasteiger partial charge in [-0.2, -0.15) is 0 Å². The molecule has 0 bridgehead atoms. The van der Waals surface area contributed by atoms with Gasteiger partial charge >= 0.3 is 83.5 Å². The van der Waals surface area contributed by atoms with Crippen LogP contribution >= 0.6 is 18.6 Å². The number of hydrogen-bond acceptors (Lipinski definition) is 2. The Kier molecular flexibility index (Phi) is 35.3. The van der Waals surface area contributed by atoms with E-state index >= 15 is 0 Å². The summed E-state index contributed by atoms with van der Waals surface area (Å²) in [6, 6.07) is 0. The van der Waals surface area contributed by atoms with E-state index in [0.29, 0.717) is 0 Å². The Balaban J connectivity index is -0.0000000623. The summed E-state index contributed by atoms with van der Waals surface area (Å²) < 4.78 is 0. The zero-order chi connectivity index (χ0) is 15.7. The molecule has 2 aliphatic heterocycles. The van der Waals surface area contributed by atoms with Crippen LogP contribution in [-0.2, 0) is 108 Å². The van der Waals surface area contributed by atoms with E-state index in [2.05, 4.69) is 56.4 Å². The monoisotopic (exact) mass is 1100 g/mol. The third-order valence-corrected chi connectivity index (χ3v) is 6.12. The minimum absolute atomic E-state index is 0. The van der Waals surface area contributed by atoms with E-state index in [1.807, 2.05) is 0 Å². The molecular weight excluding hydrogens is 1070 g/mol. The van der Waals surface area contributed by atoms with Crippen molar-refractivity contribution in [3.05, 3.63) is 28.9 Å². The summed E-state index contributed by atoms with van der Waals surface area (Å²) in [6.45, 7) is 9.69. The van der Waals surface area contributed by atoms with Crippen LogP contribution < -0.4 is 17.0 Å². The van der Waals surface area contributed by atoms with Gasteiger partial charge in [-0.05, 0) is 74.5 Å². The van der Waals surface area contributed by atoms with Gasteiger partial charge in [0.1, 0.15) is 0 Å². The maximum Gasteiger partial charge on any atom is 2.00 e. The molecule has 2 nitrogen and oxygen atoms in total. The summed E-state index contributed by atoms with van der Waals surface area (Å²) >= 11 is 2.24. The molecule has 4 rings (SSSR count). The molecular formula is C19H38BI2N2W2Y2-. The summed E-state index contributed by atoms with van der Waals surface area (Å²) in [5, 5.41) is 0.